The summed E-state index contributed by atoms with van der Waals surface area (Å²) in [6.45, 7) is 14.0. The Hall–Kier alpha value is -2.08. The summed E-state index contributed by atoms with van der Waals surface area (Å²) < 4.78 is 39.5. The highest BCUT2D eigenvalue weighted by Crippen LogP contribution is 2.48. The third kappa shape index (κ3) is 7.95. The molecule has 1 saturated heterocycles. The molecule has 0 bridgehead atoms. The summed E-state index contributed by atoms with van der Waals surface area (Å²) in [5.74, 6) is -0.138. The van der Waals surface area contributed by atoms with Crippen molar-refractivity contribution < 1.29 is 23.1 Å². The van der Waals surface area contributed by atoms with Gasteiger partial charge in [-0.1, -0.05) is 58.9 Å². The lowest BCUT2D eigenvalue weighted by Gasteiger charge is -2.44. The van der Waals surface area contributed by atoms with E-state index in [1.165, 1.54) is 25.0 Å². The van der Waals surface area contributed by atoms with Crippen molar-refractivity contribution in [3.8, 4) is 0 Å². The van der Waals surface area contributed by atoms with Gasteiger partial charge in [-0.15, -0.1) is 0 Å². The number of hydrogen-bond acceptors (Lipinski definition) is 2. The van der Waals surface area contributed by atoms with E-state index in [2.05, 4.69) is 31.7 Å². The molecule has 1 fully saturated rings. The highest BCUT2D eigenvalue weighted by Gasteiger charge is 2.39. The monoisotopic (exact) mass is 519 g/mol. The van der Waals surface area contributed by atoms with Crippen LogP contribution in [0.2, 0.25) is 0 Å². The predicted octanol–water partition coefficient (Wildman–Crippen LogP) is 8.32. The number of rotatable bonds is 10. The minimum atomic E-state index is -4.38. The first-order valence-corrected chi connectivity index (χ1v) is 13.8. The summed E-state index contributed by atoms with van der Waals surface area (Å²) in [5, 5.41) is 10.1. The molecule has 206 valence electrons. The molecule has 3 nitrogen and oxygen atoms in total. The Kier molecular flexibility index (Phi) is 9.71. The minimum Gasteiger partial charge on any atom is -0.481 e. The lowest BCUT2D eigenvalue weighted by atomic mass is 9.64. The number of carboxylic acids is 1. The van der Waals surface area contributed by atoms with Gasteiger partial charge in [-0.2, -0.15) is 13.2 Å². The van der Waals surface area contributed by atoms with Gasteiger partial charge in [0.05, 0.1) is 11.5 Å². The van der Waals surface area contributed by atoms with Gasteiger partial charge < -0.3 is 10.0 Å². The molecule has 2 unspecified atom stereocenters. The Bertz CT molecular complexity index is 969. The van der Waals surface area contributed by atoms with Gasteiger partial charge in [0.25, 0.3) is 0 Å². The summed E-state index contributed by atoms with van der Waals surface area (Å²) in [7, 11) is 0. The van der Waals surface area contributed by atoms with Crippen LogP contribution < -0.4 is 0 Å². The van der Waals surface area contributed by atoms with E-state index in [1.54, 1.807) is 0 Å². The van der Waals surface area contributed by atoms with Crippen molar-refractivity contribution in [1.29, 1.82) is 0 Å². The summed E-state index contributed by atoms with van der Waals surface area (Å²) in [6.07, 6.45) is 5.52. The number of benzene rings is 1. The summed E-state index contributed by atoms with van der Waals surface area (Å²) >= 11 is 0. The number of piperidine rings is 1. The first-order chi connectivity index (χ1) is 17.3. The van der Waals surface area contributed by atoms with Crippen LogP contribution >= 0.6 is 0 Å². The van der Waals surface area contributed by atoms with Crippen LogP contribution in [0.15, 0.2) is 42.0 Å². The van der Waals surface area contributed by atoms with E-state index >= 15 is 0 Å². The maximum absolute atomic E-state index is 13.2. The number of hydrogen-bond donors (Lipinski definition) is 1. The lowest BCUT2D eigenvalue weighted by molar-refractivity contribution is -0.141. The number of alkyl halides is 3. The van der Waals surface area contributed by atoms with Crippen LogP contribution in [0.3, 0.4) is 0 Å². The van der Waals surface area contributed by atoms with E-state index in [4.69, 9.17) is 0 Å². The fraction of sp³-hybridized carbons (Fsp3) is 0.645. The standard InChI is InChI=1S/C31H44F3NO2/c1-21(2)7-6-14-35-15-12-26(13-16-35)30(5)19-24(23-8-10-27(11-9-23)31(32,33)34)18-25(20-30)28(29(36)37)17-22(3)4/h8-11,18,20-22,26,28H,6-7,12-17,19H2,1-5H3,(H,36,37). The van der Waals surface area contributed by atoms with Crippen LogP contribution in [-0.2, 0) is 11.0 Å². The predicted molar refractivity (Wildman–Crippen MR) is 144 cm³/mol. The molecule has 6 heteroatoms. The fourth-order valence-corrected chi connectivity index (χ4v) is 6.05. The van der Waals surface area contributed by atoms with Crippen LogP contribution in [0.4, 0.5) is 13.2 Å². The number of nitrogens with zero attached hydrogens (tertiary/aromatic N) is 1. The second kappa shape index (κ2) is 12.2. The molecule has 0 saturated carbocycles. The molecule has 1 heterocycles. The van der Waals surface area contributed by atoms with Gasteiger partial charge >= 0.3 is 12.1 Å². The van der Waals surface area contributed by atoms with Gasteiger partial charge in [0.2, 0.25) is 0 Å². The molecule has 2 atom stereocenters. The molecule has 0 radical (unpaired) electrons. The van der Waals surface area contributed by atoms with Crippen LogP contribution in [0.5, 0.6) is 0 Å². The average Bonchev–Trinajstić information content (AvgIpc) is 2.81. The SMILES string of the molecule is CC(C)CCCN1CCC(C2(C)C=C(C(CC(C)C)C(=O)O)C=C(c3ccc(C(F)(F)F)cc3)C2)CC1. The Morgan fingerprint density at radius 2 is 1.70 bits per heavy atom. The fourth-order valence-electron chi connectivity index (χ4n) is 6.05. The zero-order chi connectivity index (χ0) is 27.4. The van der Waals surface area contributed by atoms with E-state index in [-0.39, 0.29) is 11.3 Å². The molecule has 1 N–H and O–H groups in total. The van der Waals surface area contributed by atoms with E-state index in [1.807, 2.05) is 19.9 Å². The Morgan fingerprint density at radius 1 is 1.08 bits per heavy atom. The lowest BCUT2D eigenvalue weighted by Crippen LogP contribution is -2.40. The number of carboxylic acid groups (broad SMARTS) is 1. The van der Waals surface area contributed by atoms with Gasteiger partial charge in [-0.25, -0.2) is 0 Å². The normalized spacial score (nSPS) is 22.8. The quantitative estimate of drug-likeness (QED) is 0.338. The molecule has 0 amide bonds. The molecule has 1 aromatic carbocycles. The molecule has 3 rings (SSSR count). The Balaban J connectivity index is 1.87. The molecule has 1 aliphatic carbocycles. The average molecular weight is 520 g/mol. The van der Waals surface area contributed by atoms with E-state index in [9.17, 15) is 23.1 Å². The van der Waals surface area contributed by atoms with Crippen LogP contribution in [0, 0.1) is 29.1 Å². The summed E-state index contributed by atoms with van der Waals surface area (Å²) in [5.41, 5.74) is 1.56. The highest BCUT2D eigenvalue weighted by molar-refractivity contribution is 5.79. The number of halogens is 3. The minimum absolute atomic E-state index is 0.215. The molecule has 0 aromatic heterocycles. The zero-order valence-corrected chi connectivity index (χ0v) is 23.1. The van der Waals surface area contributed by atoms with Crippen molar-refractivity contribution in [2.45, 2.75) is 79.3 Å². The molecule has 2 aliphatic rings. The first-order valence-electron chi connectivity index (χ1n) is 13.8. The summed E-state index contributed by atoms with van der Waals surface area (Å²) in [4.78, 5) is 14.9. The van der Waals surface area contributed by atoms with Crippen molar-refractivity contribution in [3.63, 3.8) is 0 Å². The second-order valence-electron chi connectivity index (χ2n) is 12.2. The molecule has 1 aromatic rings. The van der Waals surface area contributed by atoms with Gasteiger partial charge in [0.15, 0.2) is 0 Å². The van der Waals surface area contributed by atoms with E-state index in [0.29, 0.717) is 24.7 Å². The summed E-state index contributed by atoms with van der Waals surface area (Å²) in [6, 6.07) is 5.33. The van der Waals surface area contributed by atoms with Crippen LogP contribution in [0.25, 0.3) is 5.57 Å². The van der Waals surface area contributed by atoms with Gasteiger partial charge in [0.1, 0.15) is 0 Å². The largest absolute Gasteiger partial charge is 0.481 e. The third-order valence-corrected chi connectivity index (χ3v) is 8.18. The molecular weight excluding hydrogens is 475 g/mol. The number of carbonyl (C=O) groups is 1. The smallest absolute Gasteiger partial charge is 0.416 e. The van der Waals surface area contributed by atoms with Crippen molar-refractivity contribution in [2.75, 3.05) is 19.6 Å². The zero-order valence-electron chi connectivity index (χ0n) is 23.1. The molecule has 37 heavy (non-hydrogen) atoms. The first kappa shape index (κ1) is 29.5. The molecule has 0 spiro atoms. The number of aliphatic carboxylic acids is 1. The molecular formula is C31H44F3NO2. The van der Waals surface area contributed by atoms with Gasteiger partial charge in [-0.05, 0) is 110 Å². The topological polar surface area (TPSA) is 40.5 Å². The van der Waals surface area contributed by atoms with Crippen LogP contribution in [0.1, 0.15) is 84.3 Å². The van der Waals surface area contributed by atoms with Crippen molar-refractivity contribution >= 4 is 11.5 Å². The Morgan fingerprint density at radius 3 is 2.22 bits per heavy atom. The van der Waals surface area contributed by atoms with Gasteiger partial charge in [0, 0.05) is 0 Å². The van der Waals surface area contributed by atoms with E-state index in [0.717, 1.165) is 61.3 Å². The maximum atomic E-state index is 13.2. The van der Waals surface area contributed by atoms with Crippen molar-refractivity contribution in [2.24, 2.45) is 29.1 Å². The van der Waals surface area contributed by atoms with Crippen LogP contribution in [-0.4, -0.2) is 35.6 Å². The third-order valence-electron chi connectivity index (χ3n) is 8.18. The van der Waals surface area contributed by atoms with Gasteiger partial charge in [-0.3, -0.25) is 4.79 Å². The van der Waals surface area contributed by atoms with Crippen molar-refractivity contribution in [3.05, 3.63) is 53.1 Å². The second-order valence-corrected chi connectivity index (χ2v) is 12.2. The van der Waals surface area contributed by atoms with Crippen molar-refractivity contribution in [1.82, 2.24) is 4.90 Å². The highest BCUT2D eigenvalue weighted by atomic mass is 19.4. The maximum Gasteiger partial charge on any atom is 0.416 e. The molecule has 1 aliphatic heterocycles. The number of likely N-dealkylation sites (tertiary alicyclic amines) is 1. The Labute approximate surface area is 220 Å². The van der Waals surface area contributed by atoms with E-state index < -0.39 is 23.6 Å². The number of allylic oxidation sites excluding steroid dienone is 3.